The molecular weight excluding hydrogens is 572 g/mol. The molecule has 3 N–H and O–H groups in total. The molecule has 8 nitrogen and oxygen atoms in total. The number of fused-ring (bicyclic) bond motifs is 3. The number of carbonyl (C=O) groups excluding carboxylic acids is 3. The zero-order valence-corrected chi connectivity index (χ0v) is 28.5. The average Bonchev–Trinajstić information content (AvgIpc) is 3.41. The number of ether oxygens (including phenoxy) is 2. The summed E-state index contributed by atoms with van der Waals surface area (Å²) in [5.41, 5.74) is -4.48. The molecule has 0 aromatic heterocycles. The third-order valence-corrected chi connectivity index (χ3v) is 11.8. The van der Waals surface area contributed by atoms with Gasteiger partial charge in [0.1, 0.15) is 30.0 Å². The summed E-state index contributed by atoms with van der Waals surface area (Å²) < 4.78 is 11.9. The number of rotatable bonds is 14. The topological polar surface area (TPSA) is 130 Å². The van der Waals surface area contributed by atoms with Crippen molar-refractivity contribution in [1.29, 1.82) is 0 Å². The molecule has 0 amide bonds. The smallest absolute Gasteiger partial charge is 0.333 e. The van der Waals surface area contributed by atoms with Gasteiger partial charge in [-0.25, -0.2) is 4.79 Å². The number of esters is 2. The number of Topliss-reactive ketones (excluding diaryl/α,β-unsaturated/α-hetero) is 1. The van der Waals surface area contributed by atoms with Crippen molar-refractivity contribution >= 4 is 17.7 Å². The molecule has 8 heteroatoms. The van der Waals surface area contributed by atoms with Crippen molar-refractivity contribution in [3.8, 4) is 0 Å². The van der Waals surface area contributed by atoms with E-state index in [1.807, 2.05) is 20.8 Å². The SMILES string of the molecule is C/C=C(/C)C(=O)OCC1=CC2C(=O)C3(C=C(C)C(O)C3(O)C1O)[C@H](C)C[C@]1(OC(=O)CCCCCCCCCCC)[C@H]2C1(C)C. The third kappa shape index (κ3) is 5.78. The highest BCUT2D eigenvalue weighted by atomic mass is 16.6. The summed E-state index contributed by atoms with van der Waals surface area (Å²) in [5.74, 6) is -2.99. The first kappa shape index (κ1) is 35.6. The van der Waals surface area contributed by atoms with Gasteiger partial charge in [-0.1, -0.05) is 97.3 Å². The molecule has 2 fully saturated rings. The molecular formula is C37H56O8. The average molecular weight is 629 g/mol. The Bertz CT molecular complexity index is 1240. The van der Waals surface area contributed by atoms with Gasteiger partial charge in [-0.2, -0.15) is 0 Å². The Kier molecular flexibility index (Phi) is 10.6. The minimum Gasteiger partial charge on any atom is -0.458 e. The van der Waals surface area contributed by atoms with Crippen molar-refractivity contribution in [2.45, 2.75) is 143 Å². The van der Waals surface area contributed by atoms with Crippen LogP contribution in [0.2, 0.25) is 0 Å². The normalized spacial score (nSPS) is 36.6. The van der Waals surface area contributed by atoms with E-state index in [0.29, 0.717) is 24.0 Å². The Balaban J connectivity index is 1.59. The van der Waals surface area contributed by atoms with Crippen LogP contribution in [-0.2, 0) is 23.9 Å². The first-order valence-electron chi connectivity index (χ1n) is 17.2. The lowest BCUT2D eigenvalue weighted by Gasteiger charge is -2.48. The van der Waals surface area contributed by atoms with E-state index in [-0.39, 0.29) is 23.9 Å². The quantitative estimate of drug-likeness (QED) is 0.0936. The number of ketones is 1. The first-order chi connectivity index (χ1) is 21.2. The van der Waals surface area contributed by atoms with E-state index in [4.69, 9.17) is 9.47 Å². The Morgan fingerprint density at radius 2 is 1.62 bits per heavy atom. The summed E-state index contributed by atoms with van der Waals surface area (Å²) in [4.78, 5) is 40.6. The van der Waals surface area contributed by atoms with Crippen molar-refractivity contribution in [3.63, 3.8) is 0 Å². The largest absolute Gasteiger partial charge is 0.458 e. The predicted octanol–water partition coefficient (Wildman–Crippen LogP) is 5.92. The highest BCUT2D eigenvalue weighted by Gasteiger charge is 2.83. The number of hydrogen-bond acceptors (Lipinski definition) is 8. The molecule has 4 aliphatic carbocycles. The summed E-state index contributed by atoms with van der Waals surface area (Å²) >= 11 is 0. The van der Waals surface area contributed by atoms with Crippen LogP contribution in [0.3, 0.4) is 0 Å². The Morgan fingerprint density at radius 1 is 1.02 bits per heavy atom. The maximum absolute atomic E-state index is 14.7. The highest BCUT2D eigenvalue weighted by molar-refractivity contribution is 5.96. The van der Waals surface area contributed by atoms with Gasteiger partial charge in [0.05, 0.1) is 5.41 Å². The molecule has 0 aromatic rings. The second-order valence-corrected chi connectivity index (χ2v) is 14.8. The van der Waals surface area contributed by atoms with Crippen LogP contribution in [0.5, 0.6) is 0 Å². The van der Waals surface area contributed by atoms with Gasteiger partial charge in [0.2, 0.25) is 0 Å². The summed E-state index contributed by atoms with van der Waals surface area (Å²) in [7, 11) is 0. The monoisotopic (exact) mass is 628 g/mol. The molecule has 252 valence electrons. The van der Waals surface area contributed by atoms with Crippen LogP contribution in [0.4, 0.5) is 0 Å². The van der Waals surface area contributed by atoms with Crippen LogP contribution in [0.1, 0.15) is 119 Å². The van der Waals surface area contributed by atoms with Crippen molar-refractivity contribution < 1.29 is 39.2 Å². The van der Waals surface area contributed by atoms with Crippen LogP contribution in [0, 0.1) is 28.6 Å². The van der Waals surface area contributed by atoms with Crippen molar-refractivity contribution in [2.24, 2.45) is 28.6 Å². The fraction of sp³-hybridized carbons (Fsp3) is 0.757. The molecule has 5 unspecified atom stereocenters. The van der Waals surface area contributed by atoms with Crippen molar-refractivity contribution in [1.82, 2.24) is 0 Å². The number of hydrogen-bond donors (Lipinski definition) is 3. The van der Waals surface area contributed by atoms with Crippen LogP contribution in [0.15, 0.2) is 34.9 Å². The lowest BCUT2D eigenvalue weighted by molar-refractivity contribution is -0.192. The number of allylic oxidation sites excluding steroid dienone is 2. The van der Waals surface area contributed by atoms with E-state index < -0.39 is 58.0 Å². The third-order valence-electron chi connectivity index (χ3n) is 11.8. The minimum atomic E-state index is -2.28. The number of aliphatic hydroxyl groups excluding tert-OH is 2. The number of aliphatic hydroxyl groups is 3. The van der Waals surface area contributed by atoms with Gasteiger partial charge >= 0.3 is 11.9 Å². The molecule has 4 rings (SSSR count). The van der Waals surface area contributed by atoms with E-state index >= 15 is 0 Å². The standard InChI is InChI=1S/C37H56O8/c1-8-10-11-12-13-14-15-16-17-18-28(38)45-36-21-25(5)35-20-24(4)30(39)37(35,43)31(40)26(22-44-33(42)23(3)9-2)19-27(32(35)41)29(36)34(36,6)7/h9,19-20,25,27,29-31,39-40,43H,8,10-18,21-22H2,1-7H3/b23-9-/t25-,27?,29-,30?,31?,35?,36+,37?/m1/s1. The van der Waals surface area contributed by atoms with Crippen LogP contribution in [0.25, 0.3) is 0 Å². The van der Waals surface area contributed by atoms with Crippen molar-refractivity contribution in [2.75, 3.05) is 6.61 Å². The molecule has 0 radical (unpaired) electrons. The van der Waals surface area contributed by atoms with Crippen LogP contribution in [-0.4, -0.2) is 63.1 Å². The fourth-order valence-corrected chi connectivity index (χ4v) is 8.93. The molecule has 45 heavy (non-hydrogen) atoms. The molecule has 1 spiro atoms. The Hall–Kier alpha value is -2.29. The van der Waals surface area contributed by atoms with Gasteiger partial charge in [-0.05, 0) is 50.7 Å². The van der Waals surface area contributed by atoms with E-state index in [1.165, 1.54) is 38.5 Å². The van der Waals surface area contributed by atoms with Crippen LogP contribution >= 0.6 is 0 Å². The lowest BCUT2D eigenvalue weighted by atomic mass is 9.59. The number of unbranched alkanes of at least 4 members (excludes halogenated alkanes) is 8. The maximum atomic E-state index is 14.7. The molecule has 4 aliphatic rings. The molecule has 2 bridgehead atoms. The zero-order chi connectivity index (χ0) is 33.4. The van der Waals surface area contributed by atoms with Gasteiger partial charge in [-0.3, -0.25) is 9.59 Å². The second kappa shape index (κ2) is 13.4. The molecule has 0 aromatic carbocycles. The van der Waals surface area contributed by atoms with Gasteiger partial charge in [0.15, 0.2) is 5.78 Å². The minimum absolute atomic E-state index is 0.156. The molecule has 8 atom stereocenters. The van der Waals surface area contributed by atoms with Crippen LogP contribution < -0.4 is 0 Å². The van der Waals surface area contributed by atoms with E-state index in [0.717, 1.165) is 19.3 Å². The molecule has 0 aliphatic heterocycles. The second-order valence-electron chi connectivity index (χ2n) is 14.8. The van der Waals surface area contributed by atoms with Gasteiger partial charge < -0.3 is 24.8 Å². The summed E-state index contributed by atoms with van der Waals surface area (Å²) in [6.07, 6.45) is 12.6. The van der Waals surface area contributed by atoms with Gasteiger partial charge in [-0.15, -0.1) is 0 Å². The van der Waals surface area contributed by atoms with E-state index in [2.05, 4.69) is 6.92 Å². The zero-order valence-electron chi connectivity index (χ0n) is 28.5. The Morgan fingerprint density at radius 3 is 2.22 bits per heavy atom. The summed E-state index contributed by atoms with van der Waals surface area (Å²) in [5, 5.41) is 35.4. The first-order valence-corrected chi connectivity index (χ1v) is 17.2. The Labute approximate surface area is 269 Å². The fourth-order valence-electron chi connectivity index (χ4n) is 8.93. The number of carbonyl (C=O) groups is 3. The maximum Gasteiger partial charge on any atom is 0.333 e. The predicted molar refractivity (Wildman–Crippen MR) is 172 cm³/mol. The lowest BCUT2D eigenvalue weighted by Crippen LogP contribution is -2.65. The van der Waals surface area contributed by atoms with E-state index in [9.17, 15) is 29.7 Å². The molecule has 2 saturated carbocycles. The molecule has 0 heterocycles. The van der Waals surface area contributed by atoms with E-state index in [1.54, 1.807) is 39.0 Å². The van der Waals surface area contributed by atoms with Crippen molar-refractivity contribution in [3.05, 3.63) is 34.9 Å². The molecule has 0 saturated heterocycles. The summed E-state index contributed by atoms with van der Waals surface area (Å²) in [6.45, 7) is 12.7. The van der Waals surface area contributed by atoms with Gasteiger partial charge in [0, 0.05) is 29.2 Å². The highest BCUT2D eigenvalue weighted by Crippen LogP contribution is 2.75. The van der Waals surface area contributed by atoms with Gasteiger partial charge in [0.25, 0.3) is 0 Å². The summed E-state index contributed by atoms with van der Waals surface area (Å²) in [6, 6.07) is 0.